The van der Waals surface area contributed by atoms with E-state index in [1.165, 1.54) is 6.08 Å². The van der Waals surface area contributed by atoms with Crippen LogP contribution in [0.5, 0.6) is 0 Å². The molecule has 0 spiro atoms. The molecule has 0 unspecified atom stereocenters. The molecule has 26 heavy (non-hydrogen) atoms. The predicted molar refractivity (Wildman–Crippen MR) is 105 cm³/mol. The van der Waals surface area contributed by atoms with Crippen LogP contribution >= 0.6 is 0 Å². The first-order valence-corrected chi connectivity index (χ1v) is 8.10. The van der Waals surface area contributed by atoms with E-state index in [-0.39, 0.29) is 5.91 Å². The first-order chi connectivity index (χ1) is 12.7. The largest absolute Gasteiger partial charge is 0.399 e. The third-order valence-electron chi connectivity index (χ3n) is 3.84. The fraction of sp³-hybridized carbons (Fsp3) is 0. The van der Waals surface area contributed by atoms with Crippen molar-refractivity contribution in [1.82, 2.24) is 0 Å². The summed E-state index contributed by atoms with van der Waals surface area (Å²) >= 11 is 0. The van der Waals surface area contributed by atoms with E-state index >= 15 is 0 Å². The Morgan fingerprint density at radius 3 is 2.50 bits per heavy atom. The Morgan fingerprint density at radius 2 is 1.77 bits per heavy atom. The smallest absolute Gasteiger partial charge is 0.248 e. The van der Waals surface area contributed by atoms with Crippen molar-refractivity contribution in [3.05, 3.63) is 90.0 Å². The summed E-state index contributed by atoms with van der Waals surface area (Å²) in [5.74, 6) is -0.311. The van der Waals surface area contributed by atoms with Crippen molar-refractivity contribution in [2.75, 3.05) is 11.1 Å². The topological polar surface area (TPSA) is 78.9 Å². The lowest BCUT2D eigenvalue weighted by atomic mass is 10.0. The average Bonchev–Trinajstić information content (AvgIpc) is 2.67. The van der Waals surface area contributed by atoms with Gasteiger partial charge in [0.05, 0.1) is 11.3 Å². The molecule has 0 aliphatic carbocycles. The van der Waals surface area contributed by atoms with Gasteiger partial charge in [0.1, 0.15) is 6.07 Å². The van der Waals surface area contributed by atoms with Gasteiger partial charge in [-0.1, -0.05) is 48.5 Å². The van der Waals surface area contributed by atoms with E-state index < -0.39 is 0 Å². The van der Waals surface area contributed by atoms with Crippen LogP contribution in [0.4, 0.5) is 11.4 Å². The summed E-state index contributed by atoms with van der Waals surface area (Å²) in [5.41, 5.74) is 10.0. The second-order valence-electron chi connectivity index (χ2n) is 5.73. The van der Waals surface area contributed by atoms with Gasteiger partial charge in [-0.25, -0.2) is 0 Å². The third-order valence-corrected chi connectivity index (χ3v) is 3.84. The normalized spacial score (nSPS) is 10.4. The number of hydrogen-bond donors (Lipinski definition) is 2. The summed E-state index contributed by atoms with van der Waals surface area (Å²) in [7, 11) is 0. The van der Waals surface area contributed by atoms with Gasteiger partial charge in [-0.15, -0.1) is 0 Å². The van der Waals surface area contributed by atoms with Crippen molar-refractivity contribution in [3.8, 4) is 17.2 Å². The summed E-state index contributed by atoms with van der Waals surface area (Å²) in [5, 5.41) is 12.1. The molecule has 0 atom stereocenters. The van der Waals surface area contributed by atoms with Crippen molar-refractivity contribution in [3.63, 3.8) is 0 Å². The van der Waals surface area contributed by atoms with Crippen molar-refractivity contribution in [2.24, 2.45) is 0 Å². The van der Waals surface area contributed by atoms with Gasteiger partial charge < -0.3 is 11.1 Å². The Kier molecular flexibility index (Phi) is 5.11. The van der Waals surface area contributed by atoms with Crippen LogP contribution in [-0.4, -0.2) is 5.91 Å². The van der Waals surface area contributed by atoms with Gasteiger partial charge in [-0.3, -0.25) is 4.79 Å². The van der Waals surface area contributed by atoms with Gasteiger partial charge in [0.2, 0.25) is 5.91 Å². The molecule has 0 aromatic heterocycles. The highest BCUT2D eigenvalue weighted by atomic mass is 16.1. The van der Waals surface area contributed by atoms with Crippen molar-refractivity contribution in [1.29, 1.82) is 5.26 Å². The van der Waals surface area contributed by atoms with Crippen LogP contribution in [0.2, 0.25) is 0 Å². The number of benzene rings is 3. The lowest BCUT2D eigenvalue weighted by molar-refractivity contribution is -0.111. The molecule has 0 saturated heterocycles. The molecule has 0 aliphatic heterocycles. The van der Waals surface area contributed by atoms with Crippen molar-refractivity contribution < 1.29 is 4.79 Å². The highest BCUT2D eigenvalue weighted by Crippen LogP contribution is 2.25. The molecule has 3 aromatic rings. The quantitative estimate of drug-likeness (QED) is 0.544. The molecule has 3 rings (SSSR count). The Morgan fingerprint density at radius 1 is 0.962 bits per heavy atom. The number of nitrogens with zero attached hydrogens (tertiary/aromatic N) is 1. The van der Waals surface area contributed by atoms with Crippen LogP contribution in [0.1, 0.15) is 11.1 Å². The van der Waals surface area contributed by atoms with E-state index in [0.29, 0.717) is 16.9 Å². The SMILES string of the molecule is N#Cc1ccc(-c2ccccc2)cc1NC(=O)/C=C/c1cccc(N)c1. The fourth-order valence-electron chi connectivity index (χ4n) is 2.56. The number of nitrogen functional groups attached to an aromatic ring is 1. The fourth-order valence-corrected chi connectivity index (χ4v) is 2.56. The lowest BCUT2D eigenvalue weighted by Gasteiger charge is -2.08. The first kappa shape index (κ1) is 17.0. The van der Waals surface area contributed by atoms with E-state index in [0.717, 1.165) is 16.7 Å². The van der Waals surface area contributed by atoms with Crippen LogP contribution in [0.15, 0.2) is 78.9 Å². The van der Waals surface area contributed by atoms with E-state index in [2.05, 4.69) is 11.4 Å². The number of anilines is 2. The maximum atomic E-state index is 12.2. The number of amides is 1. The van der Waals surface area contributed by atoms with Gasteiger partial charge in [0, 0.05) is 11.8 Å². The number of hydrogen-bond acceptors (Lipinski definition) is 3. The standard InChI is InChI=1S/C22H17N3O/c23-15-19-11-10-18(17-6-2-1-3-7-17)14-21(19)25-22(26)12-9-16-5-4-8-20(24)13-16/h1-14H,24H2,(H,25,26)/b12-9+. The zero-order chi connectivity index (χ0) is 18.4. The minimum Gasteiger partial charge on any atom is -0.399 e. The minimum absolute atomic E-state index is 0.311. The number of nitrogens with one attached hydrogen (secondary N) is 1. The molecule has 0 heterocycles. The van der Waals surface area contributed by atoms with Gasteiger partial charge in [0.25, 0.3) is 0 Å². The average molecular weight is 339 g/mol. The highest BCUT2D eigenvalue weighted by molar-refractivity contribution is 6.03. The van der Waals surface area contributed by atoms with E-state index in [1.54, 1.807) is 30.3 Å². The summed E-state index contributed by atoms with van der Waals surface area (Å²) in [6, 6.07) is 24.5. The highest BCUT2D eigenvalue weighted by Gasteiger charge is 2.07. The first-order valence-electron chi connectivity index (χ1n) is 8.10. The number of nitrogens with two attached hydrogens (primary N) is 1. The number of carbonyl (C=O) groups excluding carboxylic acids is 1. The van der Waals surface area contributed by atoms with Crippen LogP contribution in [0, 0.1) is 11.3 Å². The molecule has 4 nitrogen and oxygen atoms in total. The minimum atomic E-state index is -0.311. The van der Waals surface area contributed by atoms with Crippen molar-refractivity contribution in [2.45, 2.75) is 0 Å². The Labute approximate surface area is 152 Å². The molecule has 0 saturated carbocycles. The number of carbonyl (C=O) groups is 1. The maximum absolute atomic E-state index is 12.2. The zero-order valence-corrected chi connectivity index (χ0v) is 14.0. The number of rotatable bonds is 4. The summed E-state index contributed by atoms with van der Waals surface area (Å²) < 4.78 is 0. The second kappa shape index (κ2) is 7.82. The lowest BCUT2D eigenvalue weighted by Crippen LogP contribution is -2.09. The Bertz CT molecular complexity index is 1000. The molecule has 0 aliphatic rings. The Hall–Kier alpha value is -3.84. The summed E-state index contributed by atoms with van der Waals surface area (Å²) in [6.45, 7) is 0. The molecule has 3 N–H and O–H groups in total. The van der Waals surface area contributed by atoms with Gasteiger partial charge >= 0.3 is 0 Å². The van der Waals surface area contributed by atoms with E-state index in [9.17, 15) is 10.1 Å². The molecular formula is C22H17N3O. The van der Waals surface area contributed by atoms with E-state index in [4.69, 9.17) is 5.73 Å². The molecule has 0 fully saturated rings. The zero-order valence-electron chi connectivity index (χ0n) is 14.0. The van der Waals surface area contributed by atoms with Crippen LogP contribution < -0.4 is 11.1 Å². The summed E-state index contributed by atoms with van der Waals surface area (Å²) in [6.07, 6.45) is 3.10. The molecular weight excluding hydrogens is 322 g/mol. The van der Waals surface area contributed by atoms with Gasteiger partial charge in [0.15, 0.2) is 0 Å². The van der Waals surface area contributed by atoms with Crippen molar-refractivity contribution >= 4 is 23.4 Å². The van der Waals surface area contributed by atoms with Crippen LogP contribution in [0.3, 0.4) is 0 Å². The molecule has 4 heteroatoms. The molecule has 1 amide bonds. The monoisotopic (exact) mass is 339 g/mol. The number of nitriles is 1. The molecule has 0 bridgehead atoms. The molecule has 3 aromatic carbocycles. The van der Waals surface area contributed by atoms with Crippen LogP contribution in [-0.2, 0) is 4.79 Å². The molecule has 0 radical (unpaired) electrons. The third kappa shape index (κ3) is 4.16. The van der Waals surface area contributed by atoms with Gasteiger partial charge in [-0.05, 0) is 47.0 Å². The van der Waals surface area contributed by atoms with Crippen LogP contribution in [0.25, 0.3) is 17.2 Å². The maximum Gasteiger partial charge on any atom is 0.248 e. The second-order valence-corrected chi connectivity index (χ2v) is 5.73. The predicted octanol–water partition coefficient (Wildman–Crippen LogP) is 4.46. The van der Waals surface area contributed by atoms with Gasteiger partial charge in [-0.2, -0.15) is 5.26 Å². The van der Waals surface area contributed by atoms with E-state index in [1.807, 2.05) is 48.5 Å². The summed E-state index contributed by atoms with van der Waals surface area (Å²) in [4.78, 5) is 12.2. The Balaban J connectivity index is 1.82. The molecule has 126 valence electrons.